The lowest BCUT2D eigenvalue weighted by atomic mass is 10.0. The standard InChI is InChI=1S/C30H36N2O2S/c1-4-5-19-31-30(34)28(20-25-9-7-6-8-10-25)32(21-26-15-11-23(2)12-16-26)29(33)22-35-27-17-13-24(3)14-18-27/h6-18,28H,4-5,19-22H2,1-3H3,(H,31,34)/t28-/m0/s1. The largest absolute Gasteiger partial charge is 0.354 e. The fourth-order valence-electron chi connectivity index (χ4n) is 3.81. The quantitative estimate of drug-likeness (QED) is 0.253. The Bertz CT molecular complexity index is 1070. The number of nitrogens with zero attached hydrogens (tertiary/aromatic N) is 1. The molecule has 0 spiro atoms. The van der Waals surface area contributed by atoms with Crippen molar-refractivity contribution in [3.8, 4) is 0 Å². The minimum atomic E-state index is -0.582. The molecule has 0 heterocycles. The lowest BCUT2D eigenvalue weighted by Crippen LogP contribution is -2.51. The minimum Gasteiger partial charge on any atom is -0.354 e. The zero-order valence-corrected chi connectivity index (χ0v) is 21.8. The topological polar surface area (TPSA) is 49.4 Å². The number of aryl methyl sites for hydroxylation is 2. The molecule has 0 fully saturated rings. The highest BCUT2D eigenvalue weighted by molar-refractivity contribution is 8.00. The van der Waals surface area contributed by atoms with Crippen molar-refractivity contribution in [1.29, 1.82) is 0 Å². The van der Waals surface area contributed by atoms with E-state index in [0.717, 1.165) is 28.9 Å². The van der Waals surface area contributed by atoms with Crippen LogP contribution in [0, 0.1) is 13.8 Å². The number of unbranched alkanes of at least 4 members (excludes halogenated alkanes) is 1. The van der Waals surface area contributed by atoms with Gasteiger partial charge in [-0.05, 0) is 43.5 Å². The fourth-order valence-corrected chi connectivity index (χ4v) is 4.60. The minimum absolute atomic E-state index is 0.0391. The third kappa shape index (κ3) is 8.59. The van der Waals surface area contributed by atoms with Gasteiger partial charge in [-0.1, -0.05) is 91.2 Å². The summed E-state index contributed by atoms with van der Waals surface area (Å²) in [7, 11) is 0. The molecule has 3 aromatic rings. The summed E-state index contributed by atoms with van der Waals surface area (Å²) in [6.07, 6.45) is 2.40. The first-order valence-electron chi connectivity index (χ1n) is 12.3. The highest BCUT2D eigenvalue weighted by Crippen LogP contribution is 2.21. The van der Waals surface area contributed by atoms with Crippen molar-refractivity contribution in [3.05, 3.63) is 101 Å². The van der Waals surface area contributed by atoms with Gasteiger partial charge in [0.05, 0.1) is 5.75 Å². The van der Waals surface area contributed by atoms with Crippen LogP contribution in [0.15, 0.2) is 83.8 Å². The second-order valence-electron chi connectivity index (χ2n) is 8.96. The molecule has 5 heteroatoms. The Morgan fingerprint density at radius 3 is 2.11 bits per heavy atom. The number of thioether (sulfide) groups is 1. The maximum Gasteiger partial charge on any atom is 0.243 e. The number of amides is 2. The molecule has 0 aliphatic carbocycles. The van der Waals surface area contributed by atoms with Crippen molar-refractivity contribution in [2.24, 2.45) is 0 Å². The van der Waals surface area contributed by atoms with Crippen LogP contribution in [-0.2, 0) is 22.6 Å². The van der Waals surface area contributed by atoms with Gasteiger partial charge in [-0.25, -0.2) is 0 Å². The van der Waals surface area contributed by atoms with E-state index in [1.165, 1.54) is 22.9 Å². The average molecular weight is 489 g/mol. The third-order valence-electron chi connectivity index (χ3n) is 5.96. The normalized spacial score (nSPS) is 11.6. The van der Waals surface area contributed by atoms with Gasteiger partial charge in [0.2, 0.25) is 11.8 Å². The molecule has 1 atom stereocenters. The van der Waals surface area contributed by atoms with Crippen LogP contribution in [-0.4, -0.2) is 35.1 Å². The van der Waals surface area contributed by atoms with Gasteiger partial charge in [-0.15, -0.1) is 11.8 Å². The fraction of sp³-hybridized carbons (Fsp3) is 0.333. The van der Waals surface area contributed by atoms with Crippen molar-refractivity contribution in [2.75, 3.05) is 12.3 Å². The molecule has 2 amide bonds. The first-order chi connectivity index (χ1) is 17.0. The molecule has 0 bridgehead atoms. The van der Waals surface area contributed by atoms with Crippen LogP contribution in [0.4, 0.5) is 0 Å². The molecule has 0 aliphatic heterocycles. The second kappa shape index (κ2) is 13.7. The molecule has 0 saturated heterocycles. The lowest BCUT2D eigenvalue weighted by Gasteiger charge is -2.31. The Hall–Kier alpha value is -3.05. The number of hydrogen-bond donors (Lipinski definition) is 1. The number of hydrogen-bond acceptors (Lipinski definition) is 3. The molecule has 0 saturated carbocycles. The number of rotatable bonds is 12. The van der Waals surface area contributed by atoms with Crippen LogP contribution < -0.4 is 5.32 Å². The monoisotopic (exact) mass is 488 g/mol. The molecule has 0 radical (unpaired) electrons. The van der Waals surface area contributed by atoms with Crippen LogP contribution in [0.5, 0.6) is 0 Å². The molecule has 184 valence electrons. The third-order valence-corrected chi connectivity index (χ3v) is 6.95. The van der Waals surface area contributed by atoms with Gasteiger partial charge in [0.1, 0.15) is 6.04 Å². The number of carbonyl (C=O) groups excluding carboxylic acids is 2. The van der Waals surface area contributed by atoms with Gasteiger partial charge >= 0.3 is 0 Å². The smallest absolute Gasteiger partial charge is 0.243 e. The van der Waals surface area contributed by atoms with E-state index >= 15 is 0 Å². The van der Waals surface area contributed by atoms with Crippen molar-refractivity contribution in [2.45, 2.75) is 57.5 Å². The van der Waals surface area contributed by atoms with Crippen LogP contribution in [0.1, 0.15) is 42.0 Å². The molecule has 0 aromatic heterocycles. The van der Waals surface area contributed by atoms with Gasteiger partial charge in [-0.2, -0.15) is 0 Å². The SMILES string of the molecule is CCCCNC(=O)[C@H](Cc1ccccc1)N(Cc1ccc(C)cc1)C(=O)CSc1ccc(C)cc1. The predicted octanol–water partition coefficient (Wildman–Crippen LogP) is 5.95. The van der Waals surface area contributed by atoms with Gasteiger partial charge in [0.25, 0.3) is 0 Å². The van der Waals surface area contributed by atoms with E-state index in [4.69, 9.17) is 0 Å². The summed E-state index contributed by atoms with van der Waals surface area (Å²) >= 11 is 1.51. The van der Waals surface area contributed by atoms with E-state index in [2.05, 4.69) is 24.4 Å². The lowest BCUT2D eigenvalue weighted by molar-refractivity contribution is -0.139. The van der Waals surface area contributed by atoms with Gasteiger partial charge in [0.15, 0.2) is 0 Å². The molecule has 1 N–H and O–H groups in total. The van der Waals surface area contributed by atoms with Gasteiger partial charge in [0, 0.05) is 24.4 Å². The Balaban J connectivity index is 1.86. The summed E-state index contributed by atoms with van der Waals surface area (Å²) in [5.41, 5.74) is 4.41. The van der Waals surface area contributed by atoms with Crippen LogP contribution in [0.3, 0.4) is 0 Å². The summed E-state index contributed by atoms with van der Waals surface area (Å²) in [5, 5.41) is 3.07. The predicted molar refractivity (Wildman–Crippen MR) is 145 cm³/mol. The maximum atomic E-state index is 13.6. The summed E-state index contributed by atoms with van der Waals surface area (Å²) in [4.78, 5) is 29.9. The molecule has 35 heavy (non-hydrogen) atoms. The number of carbonyl (C=O) groups is 2. The number of nitrogens with one attached hydrogen (secondary N) is 1. The van der Waals surface area contributed by atoms with E-state index in [-0.39, 0.29) is 17.6 Å². The molecule has 3 aromatic carbocycles. The van der Waals surface area contributed by atoms with Crippen molar-refractivity contribution in [1.82, 2.24) is 10.2 Å². The second-order valence-corrected chi connectivity index (χ2v) is 10.0. The first kappa shape index (κ1) is 26.6. The zero-order chi connectivity index (χ0) is 25.0. The Morgan fingerprint density at radius 1 is 0.857 bits per heavy atom. The van der Waals surface area contributed by atoms with Crippen LogP contribution in [0.25, 0.3) is 0 Å². The van der Waals surface area contributed by atoms with E-state index in [0.29, 0.717) is 19.5 Å². The summed E-state index contributed by atoms with van der Waals surface area (Å²) < 4.78 is 0. The molecule has 0 unspecified atom stereocenters. The van der Waals surface area contributed by atoms with Gasteiger partial charge in [-0.3, -0.25) is 9.59 Å². The summed E-state index contributed by atoms with van der Waals surface area (Å²) in [6, 6.07) is 25.7. The summed E-state index contributed by atoms with van der Waals surface area (Å²) in [5.74, 6) is 0.147. The first-order valence-corrected chi connectivity index (χ1v) is 13.3. The molecule has 0 aliphatic rings. The van der Waals surface area contributed by atoms with E-state index < -0.39 is 6.04 Å². The molecular weight excluding hydrogens is 452 g/mol. The van der Waals surface area contributed by atoms with E-state index in [9.17, 15) is 9.59 Å². The molecule has 3 rings (SSSR count). The Labute approximate surface area is 214 Å². The Kier molecular flexibility index (Phi) is 10.4. The number of benzene rings is 3. The van der Waals surface area contributed by atoms with Crippen molar-refractivity contribution < 1.29 is 9.59 Å². The maximum absolute atomic E-state index is 13.6. The Morgan fingerprint density at radius 2 is 1.49 bits per heavy atom. The highest BCUT2D eigenvalue weighted by Gasteiger charge is 2.30. The van der Waals surface area contributed by atoms with Crippen molar-refractivity contribution in [3.63, 3.8) is 0 Å². The highest BCUT2D eigenvalue weighted by atomic mass is 32.2. The zero-order valence-electron chi connectivity index (χ0n) is 21.0. The van der Waals surface area contributed by atoms with Crippen LogP contribution >= 0.6 is 11.8 Å². The van der Waals surface area contributed by atoms with E-state index in [1.807, 2.05) is 80.6 Å². The average Bonchev–Trinajstić information content (AvgIpc) is 2.87. The van der Waals surface area contributed by atoms with Crippen LogP contribution in [0.2, 0.25) is 0 Å². The summed E-state index contributed by atoms with van der Waals surface area (Å²) in [6.45, 7) is 7.21. The van der Waals surface area contributed by atoms with Gasteiger partial charge < -0.3 is 10.2 Å². The van der Waals surface area contributed by atoms with E-state index in [1.54, 1.807) is 4.90 Å². The van der Waals surface area contributed by atoms with Crippen molar-refractivity contribution >= 4 is 23.6 Å². The molecular formula is C30H36N2O2S. The molecule has 4 nitrogen and oxygen atoms in total.